The lowest BCUT2D eigenvalue weighted by atomic mass is 10.2. The first-order valence-electron chi connectivity index (χ1n) is 8.36. The summed E-state index contributed by atoms with van der Waals surface area (Å²) in [6.45, 7) is 2.10. The number of rotatable bonds is 4. The van der Waals surface area contributed by atoms with E-state index in [4.69, 9.17) is 26.8 Å². The number of anilines is 3. The van der Waals surface area contributed by atoms with Gasteiger partial charge in [-0.2, -0.15) is 0 Å². The summed E-state index contributed by atoms with van der Waals surface area (Å²) in [6, 6.07) is 5.20. The molecule has 0 radical (unpaired) electrons. The van der Waals surface area contributed by atoms with Crippen LogP contribution in [0.2, 0.25) is 5.15 Å². The summed E-state index contributed by atoms with van der Waals surface area (Å²) in [5, 5.41) is 7.40. The van der Waals surface area contributed by atoms with Gasteiger partial charge < -0.3 is 25.8 Å². The molecule has 2 aromatic heterocycles. The Hall–Kier alpha value is -2.75. The van der Waals surface area contributed by atoms with Crippen LogP contribution in [0.5, 0.6) is 5.75 Å². The molecule has 1 aliphatic heterocycles. The van der Waals surface area contributed by atoms with Crippen LogP contribution in [-0.2, 0) is 4.74 Å². The summed E-state index contributed by atoms with van der Waals surface area (Å²) in [5.41, 5.74) is 7.88. The van der Waals surface area contributed by atoms with Gasteiger partial charge in [-0.15, -0.1) is 0 Å². The van der Waals surface area contributed by atoms with Gasteiger partial charge in [0.25, 0.3) is 0 Å². The lowest BCUT2D eigenvalue weighted by Gasteiger charge is -2.23. The van der Waals surface area contributed by atoms with Crippen molar-refractivity contribution in [3.63, 3.8) is 0 Å². The number of nitrogens with one attached hydrogen (secondary N) is 2. The molecule has 4 N–H and O–H groups in total. The quantitative estimate of drug-likeness (QED) is 0.456. The Morgan fingerprint density at radius 1 is 1.30 bits per heavy atom. The number of nitrogens with two attached hydrogens (primary N) is 1. The molecule has 3 heterocycles. The van der Waals surface area contributed by atoms with Gasteiger partial charge in [0.2, 0.25) is 5.95 Å². The van der Waals surface area contributed by atoms with Crippen LogP contribution >= 0.6 is 11.6 Å². The maximum atomic E-state index is 6.18. The number of nitrogens with zero attached hydrogens (tertiary/aromatic N) is 4. The standard InChI is InChI=1S/C17H18ClN7O2/c1-26-13-5-11-9(4-10(13)19)16(22-8-21-11)25-17-23-12(6-15(18)24-17)14-7-20-2-3-27-14/h4-6,8,14,20H,2-3,7,19H2,1H3,(H,21,22,23,24,25). The number of fused-ring (bicyclic) bond motifs is 1. The molecule has 0 amide bonds. The van der Waals surface area contributed by atoms with Crippen LogP contribution in [-0.4, -0.2) is 46.7 Å². The van der Waals surface area contributed by atoms with E-state index < -0.39 is 0 Å². The predicted octanol–water partition coefficient (Wildman–Crippen LogP) is 2.07. The smallest absolute Gasteiger partial charge is 0.230 e. The van der Waals surface area contributed by atoms with Crippen LogP contribution in [0.15, 0.2) is 24.5 Å². The van der Waals surface area contributed by atoms with Gasteiger partial charge in [0.1, 0.15) is 29.2 Å². The van der Waals surface area contributed by atoms with E-state index >= 15 is 0 Å². The number of nitrogen functional groups attached to an aromatic ring is 1. The Morgan fingerprint density at radius 3 is 2.96 bits per heavy atom. The fourth-order valence-electron chi connectivity index (χ4n) is 2.89. The van der Waals surface area contributed by atoms with Crippen LogP contribution in [0.25, 0.3) is 10.9 Å². The van der Waals surface area contributed by atoms with Crippen molar-refractivity contribution in [2.45, 2.75) is 6.10 Å². The SMILES string of the molecule is COc1cc2ncnc(Nc3nc(Cl)cc(C4CNCCO4)n3)c2cc1N. The number of hydrogen-bond acceptors (Lipinski definition) is 9. The monoisotopic (exact) mass is 387 g/mol. The number of ether oxygens (including phenoxy) is 2. The van der Waals surface area contributed by atoms with Gasteiger partial charge in [-0.3, -0.25) is 0 Å². The third kappa shape index (κ3) is 3.70. The van der Waals surface area contributed by atoms with Crippen LogP contribution < -0.4 is 21.1 Å². The van der Waals surface area contributed by atoms with Crippen molar-refractivity contribution < 1.29 is 9.47 Å². The van der Waals surface area contributed by atoms with Crippen molar-refractivity contribution in [2.75, 3.05) is 37.9 Å². The molecule has 4 rings (SSSR count). The highest BCUT2D eigenvalue weighted by Crippen LogP contribution is 2.31. The molecular formula is C17H18ClN7O2. The third-order valence-electron chi connectivity index (χ3n) is 4.19. The van der Waals surface area contributed by atoms with Gasteiger partial charge >= 0.3 is 0 Å². The largest absolute Gasteiger partial charge is 0.495 e. The zero-order chi connectivity index (χ0) is 18.8. The predicted molar refractivity (Wildman–Crippen MR) is 102 cm³/mol. The van der Waals surface area contributed by atoms with E-state index in [1.165, 1.54) is 6.33 Å². The highest BCUT2D eigenvalue weighted by atomic mass is 35.5. The van der Waals surface area contributed by atoms with E-state index in [0.717, 1.165) is 11.9 Å². The lowest BCUT2D eigenvalue weighted by molar-refractivity contribution is 0.0250. The van der Waals surface area contributed by atoms with Crippen LogP contribution in [0.1, 0.15) is 11.8 Å². The molecule has 9 nitrogen and oxygen atoms in total. The summed E-state index contributed by atoms with van der Waals surface area (Å²) in [5.74, 6) is 1.39. The zero-order valence-corrected chi connectivity index (χ0v) is 15.3. The van der Waals surface area contributed by atoms with Crippen LogP contribution in [0.3, 0.4) is 0 Å². The Balaban J connectivity index is 1.69. The summed E-state index contributed by atoms with van der Waals surface area (Å²) in [6.07, 6.45) is 1.27. The van der Waals surface area contributed by atoms with Crippen molar-refractivity contribution >= 4 is 40.0 Å². The third-order valence-corrected chi connectivity index (χ3v) is 4.38. The second-order valence-corrected chi connectivity index (χ2v) is 6.35. The van der Waals surface area contributed by atoms with Gasteiger partial charge in [0.15, 0.2) is 0 Å². The first-order valence-corrected chi connectivity index (χ1v) is 8.74. The molecule has 0 saturated carbocycles. The molecule has 10 heteroatoms. The minimum absolute atomic E-state index is 0.179. The van der Waals surface area contributed by atoms with Gasteiger partial charge in [-0.05, 0) is 12.1 Å². The van der Waals surface area contributed by atoms with E-state index in [0.29, 0.717) is 52.7 Å². The molecule has 0 bridgehead atoms. The maximum absolute atomic E-state index is 6.18. The van der Waals surface area contributed by atoms with E-state index in [1.807, 2.05) is 0 Å². The normalized spacial score (nSPS) is 17.0. The number of morpholine rings is 1. The van der Waals surface area contributed by atoms with Crippen molar-refractivity contribution in [3.8, 4) is 5.75 Å². The van der Waals surface area contributed by atoms with Crippen molar-refractivity contribution in [2.24, 2.45) is 0 Å². The molecule has 1 unspecified atom stereocenters. The molecular weight excluding hydrogens is 370 g/mol. The zero-order valence-electron chi connectivity index (χ0n) is 14.6. The number of aromatic nitrogens is 4. The highest BCUT2D eigenvalue weighted by Gasteiger charge is 2.19. The maximum Gasteiger partial charge on any atom is 0.230 e. The molecule has 27 heavy (non-hydrogen) atoms. The van der Waals surface area contributed by atoms with Crippen molar-refractivity contribution in [1.82, 2.24) is 25.3 Å². The van der Waals surface area contributed by atoms with E-state index in [1.54, 1.807) is 25.3 Å². The van der Waals surface area contributed by atoms with Crippen molar-refractivity contribution in [3.05, 3.63) is 35.4 Å². The first-order chi connectivity index (χ1) is 13.1. The first kappa shape index (κ1) is 17.7. The fourth-order valence-corrected chi connectivity index (χ4v) is 3.09. The Kier molecular flexibility index (Phi) is 4.88. The molecule has 1 fully saturated rings. The number of hydrogen-bond donors (Lipinski definition) is 3. The molecule has 1 atom stereocenters. The Labute approximate surface area is 160 Å². The second-order valence-electron chi connectivity index (χ2n) is 5.96. The second kappa shape index (κ2) is 7.47. The molecule has 1 saturated heterocycles. The van der Waals surface area contributed by atoms with Crippen LogP contribution in [0, 0.1) is 0 Å². The molecule has 0 aliphatic carbocycles. The van der Waals surface area contributed by atoms with Gasteiger partial charge in [-0.1, -0.05) is 11.6 Å². The molecule has 3 aromatic rings. The highest BCUT2D eigenvalue weighted by molar-refractivity contribution is 6.29. The van der Waals surface area contributed by atoms with E-state index in [-0.39, 0.29) is 6.10 Å². The van der Waals surface area contributed by atoms with Crippen LogP contribution in [0.4, 0.5) is 17.5 Å². The van der Waals surface area contributed by atoms with Gasteiger partial charge in [0.05, 0.1) is 30.6 Å². The molecule has 0 spiro atoms. The van der Waals surface area contributed by atoms with Gasteiger partial charge in [-0.25, -0.2) is 19.9 Å². The van der Waals surface area contributed by atoms with Gasteiger partial charge in [0, 0.05) is 24.5 Å². The lowest BCUT2D eigenvalue weighted by Crippen LogP contribution is -2.33. The fraction of sp³-hybridized carbons (Fsp3) is 0.294. The number of benzene rings is 1. The number of halogens is 1. The minimum atomic E-state index is -0.179. The molecule has 1 aliphatic rings. The molecule has 140 valence electrons. The molecule has 1 aromatic carbocycles. The van der Waals surface area contributed by atoms with Crippen molar-refractivity contribution in [1.29, 1.82) is 0 Å². The average Bonchev–Trinajstić information content (AvgIpc) is 2.68. The summed E-state index contributed by atoms with van der Waals surface area (Å²) >= 11 is 6.18. The Morgan fingerprint density at radius 2 is 2.19 bits per heavy atom. The summed E-state index contributed by atoms with van der Waals surface area (Å²) in [7, 11) is 1.56. The summed E-state index contributed by atoms with van der Waals surface area (Å²) < 4.78 is 11.0. The topological polar surface area (TPSA) is 120 Å². The minimum Gasteiger partial charge on any atom is -0.495 e. The summed E-state index contributed by atoms with van der Waals surface area (Å²) in [4.78, 5) is 17.3. The van der Waals surface area contributed by atoms with E-state index in [2.05, 4.69) is 30.6 Å². The Bertz CT molecular complexity index is 979. The number of methoxy groups -OCH3 is 1. The van der Waals surface area contributed by atoms with E-state index in [9.17, 15) is 0 Å². The average molecular weight is 388 g/mol.